The van der Waals surface area contributed by atoms with Crippen LogP contribution in [0.1, 0.15) is 44.0 Å². The summed E-state index contributed by atoms with van der Waals surface area (Å²) in [6.45, 7) is 4.06. The molecule has 6 heteroatoms. The first-order valence-corrected chi connectivity index (χ1v) is 7.42. The van der Waals surface area contributed by atoms with Gasteiger partial charge in [0.15, 0.2) is 5.65 Å². The van der Waals surface area contributed by atoms with E-state index in [0.29, 0.717) is 17.3 Å². The first-order valence-electron chi connectivity index (χ1n) is 7.42. The maximum absolute atomic E-state index is 12.2. The molecule has 2 N–H and O–H groups in total. The lowest BCUT2D eigenvalue weighted by atomic mass is 9.93. The van der Waals surface area contributed by atoms with E-state index in [4.69, 9.17) is 4.98 Å². The number of H-pyrrole nitrogens is 1. The van der Waals surface area contributed by atoms with Crippen LogP contribution in [-0.2, 0) is 0 Å². The molecule has 4 rings (SSSR count). The second-order valence-electron chi connectivity index (χ2n) is 6.10. The Bertz CT molecular complexity index is 699. The Kier molecular flexibility index (Phi) is 2.66. The maximum Gasteiger partial charge on any atom is 0.262 e. The SMILES string of the molecule is C[C@@H]1CNC[C@H]1c1nc2c(cnn2C2CCC2)c(=O)[nH]1. The zero-order chi connectivity index (χ0) is 13.7. The minimum Gasteiger partial charge on any atom is -0.316 e. The minimum atomic E-state index is -0.0605. The molecular formula is C14H19N5O. The number of aromatic amines is 1. The molecule has 20 heavy (non-hydrogen) atoms. The Hall–Kier alpha value is -1.69. The van der Waals surface area contributed by atoms with Gasteiger partial charge in [-0.25, -0.2) is 9.67 Å². The van der Waals surface area contributed by atoms with Crippen molar-refractivity contribution < 1.29 is 0 Å². The maximum atomic E-state index is 12.2. The lowest BCUT2D eigenvalue weighted by molar-refractivity contribution is 0.295. The monoisotopic (exact) mass is 273 g/mol. The van der Waals surface area contributed by atoms with Gasteiger partial charge in [0, 0.05) is 12.5 Å². The highest BCUT2D eigenvalue weighted by atomic mass is 16.1. The molecule has 3 heterocycles. The van der Waals surface area contributed by atoms with Gasteiger partial charge in [0.2, 0.25) is 0 Å². The Morgan fingerprint density at radius 1 is 1.35 bits per heavy atom. The molecule has 2 atom stereocenters. The molecule has 2 fully saturated rings. The van der Waals surface area contributed by atoms with E-state index in [-0.39, 0.29) is 11.5 Å². The van der Waals surface area contributed by atoms with Crippen LogP contribution in [0.4, 0.5) is 0 Å². The second kappa shape index (κ2) is 4.41. The number of rotatable bonds is 2. The summed E-state index contributed by atoms with van der Waals surface area (Å²) < 4.78 is 1.95. The summed E-state index contributed by atoms with van der Waals surface area (Å²) in [5.41, 5.74) is 0.697. The van der Waals surface area contributed by atoms with Gasteiger partial charge in [-0.3, -0.25) is 4.79 Å². The first kappa shape index (κ1) is 12.1. The van der Waals surface area contributed by atoms with Crippen LogP contribution in [0, 0.1) is 5.92 Å². The van der Waals surface area contributed by atoms with E-state index in [1.165, 1.54) is 6.42 Å². The highest BCUT2D eigenvalue weighted by Crippen LogP contribution is 2.33. The van der Waals surface area contributed by atoms with Crippen molar-refractivity contribution in [2.24, 2.45) is 5.92 Å². The van der Waals surface area contributed by atoms with Gasteiger partial charge in [-0.05, 0) is 31.7 Å². The number of hydrogen-bond donors (Lipinski definition) is 2. The first-order chi connectivity index (χ1) is 9.74. The summed E-state index contributed by atoms with van der Waals surface area (Å²) in [5, 5.41) is 8.35. The quantitative estimate of drug-likeness (QED) is 0.861. The number of nitrogens with zero attached hydrogens (tertiary/aromatic N) is 3. The third-order valence-corrected chi connectivity index (χ3v) is 4.77. The minimum absolute atomic E-state index is 0.0605. The average Bonchev–Trinajstić information content (AvgIpc) is 2.95. The normalized spacial score (nSPS) is 27.1. The van der Waals surface area contributed by atoms with Gasteiger partial charge in [-0.15, -0.1) is 0 Å². The molecule has 2 aromatic heterocycles. The zero-order valence-electron chi connectivity index (χ0n) is 11.6. The molecule has 0 radical (unpaired) electrons. The summed E-state index contributed by atoms with van der Waals surface area (Å²) in [7, 11) is 0. The predicted octanol–water partition coefficient (Wildman–Crippen LogP) is 1.17. The number of fused-ring (bicyclic) bond motifs is 1. The van der Waals surface area contributed by atoms with Crippen molar-refractivity contribution in [2.75, 3.05) is 13.1 Å². The third kappa shape index (κ3) is 1.71. The van der Waals surface area contributed by atoms with Gasteiger partial charge in [-0.2, -0.15) is 5.10 Å². The van der Waals surface area contributed by atoms with E-state index < -0.39 is 0 Å². The van der Waals surface area contributed by atoms with E-state index in [0.717, 1.165) is 37.4 Å². The second-order valence-corrected chi connectivity index (χ2v) is 6.10. The average molecular weight is 273 g/mol. The molecule has 0 spiro atoms. The summed E-state index contributed by atoms with van der Waals surface area (Å²) in [5.74, 6) is 1.59. The van der Waals surface area contributed by atoms with Crippen LogP contribution in [0.5, 0.6) is 0 Å². The van der Waals surface area contributed by atoms with E-state index in [2.05, 4.69) is 22.3 Å². The molecular weight excluding hydrogens is 254 g/mol. The standard InChI is InChI=1S/C14H19N5O/c1-8-5-15-6-10(8)12-17-13-11(14(20)18-12)7-16-19(13)9-3-2-4-9/h7-10,15H,2-6H2,1H3,(H,17,18,20)/t8-,10-/m1/s1. The fourth-order valence-electron chi connectivity index (χ4n) is 3.20. The predicted molar refractivity (Wildman–Crippen MR) is 75.8 cm³/mol. The molecule has 106 valence electrons. The molecule has 0 bridgehead atoms. The Balaban J connectivity index is 1.84. The summed E-state index contributed by atoms with van der Waals surface area (Å²) in [4.78, 5) is 19.9. The lowest BCUT2D eigenvalue weighted by Gasteiger charge is -2.26. The number of hydrogen-bond acceptors (Lipinski definition) is 4. The molecule has 0 unspecified atom stereocenters. The van der Waals surface area contributed by atoms with Crippen molar-refractivity contribution in [3.8, 4) is 0 Å². The Morgan fingerprint density at radius 2 is 2.20 bits per heavy atom. The van der Waals surface area contributed by atoms with Gasteiger partial charge < -0.3 is 10.3 Å². The van der Waals surface area contributed by atoms with Crippen molar-refractivity contribution in [3.63, 3.8) is 0 Å². The van der Waals surface area contributed by atoms with Gasteiger partial charge in [0.1, 0.15) is 11.2 Å². The van der Waals surface area contributed by atoms with Gasteiger partial charge >= 0.3 is 0 Å². The van der Waals surface area contributed by atoms with E-state index >= 15 is 0 Å². The molecule has 6 nitrogen and oxygen atoms in total. The third-order valence-electron chi connectivity index (χ3n) is 4.77. The van der Waals surface area contributed by atoms with Gasteiger partial charge in [-0.1, -0.05) is 6.92 Å². The van der Waals surface area contributed by atoms with E-state index in [9.17, 15) is 4.79 Å². The molecule has 1 aliphatic carbocycles. The Labute approximate surface area is 116 Å². The van der Waals surface area contributed by atoms with Crippen LogP contribution >= 0.6 is 0 Å². The highest BCUT2D eigenvalue weighted by molar-refractivity contribution is 5.73. The van der Waals surface area contributed by atoms with Crippen LogP contribution in [0.25, 0.3) is 11.0 Å². The number of nitrogens with one attached hydrogen (secondary N) is 2. The summed E-state index contributed by atoms with van der Waals surface area (Å²) >= 11 is 0. The smallest absolute Gasteiger partial charge is 0.262 e. The fourth-order valence-corrected chi connectivity index (χ4v) is 3.20. The number of aromatic nitrogens is 4. The van der Waals surface area contributed by atoms with Gasteiger partial charge in [0.25, 0.3) is 5.56 Å². The largest absolute Gasteiger partial charge is 0.316 e. The topological polar surface area (TPSA) is 75.6 Å². The molecule has 1 saturated heterocycles. The van der Waals surface area contributed by atoms with E-state index in [1.807, 2.05) is 4.68 Å². The fraction of sp³-hybridized carbons (Fsp3) is 0.643. The molecule has 0 aromatic carbocycles. The van der Waals surface area contributed by atoms with Gasteiger partial charge in [0.05, 0.1) is 12.2 Å². The molecule has 1 saturated carbocycles. The van der Waals surface area contributed by atoms with Crippen LogP contribution in [0.3, 0.4) is 0 Å². The van der Waals surface area contributed by atoms with Crippen molar-refractivity contribution in [1.29, 1.82) is 0 Å². The zero-order valence-corrected chi connectivity index (χ0v) is 11.6. The summed E-state index contributed by atoms with van der Waals surface area (Å²) in [6.07, 6.45) is 5.18. The van der Waals surface area contributed by atoms with Crippen LogP contribution < -0.4 is 10.9 Å². The molecule has 0 amide bonds. The van der Waals surface area contributed by atoms with Crippen molar-refractivity contribution >= 4 is 11.0 Å². The van der Waals surface area contributed by atoms with Crippen LogP contribution in [0.2, 0.25) is 0 Å². The van der Waals surface area contributed by atoms with Crippen LogP contribution in [-0.4, -0.2) is 32.8 Å². The molecule has 2 aliphatic rings. The van der Waals surface area contributed by atoms with Crippen molar-refractivity contribution in [2.45, 2.75) is 38.1 Å². The van der Waals surface area contributed by atoms with Crippen LogP contribution in [0.15, 0.2) is 11.0 Å². The summed E-state index contributed by atoms with van der Waals surface area (Å²) in [6, 6.07) is 0.425. The Morgan fingerprint density at radius 3 is 2.85 bits per heavy atom. The lowest BCUT2D eigenvalue weighted by Crippen LogP contribution is -2.22. The van der Waals surface area contributed by atoms with Crippen molar-refractivity contribution in [3.05, 3.63) is 22.4 Å². The van der Waals surface area contributed by atoms with Crippen molar-refractivity contribution in [1.82, 2.24) is 25.1 Å². The van der Waals surface area contributed by atoms with E-state index in [1.54, 1.807) is 6.20 Å². The molecule has 2 aromatic rings. The highest BCUT2D eigenvalue weighted by Gasteiger charge is 2.29. The molecule has 1 aliphatic heterocycles.